The van der Waals surface area contributed by atoms with Crippen LogP contribution >= 0.6 is 0 Å². The van der Waals surface area contributed by atoms with Gasteiger partial charge in [-0.15, -0.1) is 0 Å². The zero-order chi connectivity index (χ0) is 13.0. The summed E-state index contributed by atoms with van der Waals surface area (Å²) < 4.78 is 5.41. The predicted octanol–water partition coefficient (Wildman–Crippen LogP) is 0.768. The largest absolute Gasteiger partial charge is 0.383 e. The molecule has 0 radical (unpaired) electrons. The van der Waals surface area contributed by atoms with E-state index in [0.717, 1.165) is 32.0 Å². The monoisotopic (exact) mass is 255 g/mol. The summed E-state index contributed by atoms with van der Waals surface area (Å²) in [4.78, 5) is 5.18. The van der Waals surface area contributed by atoms with E-state index >= 15 is 0 Å². The summed E-state index contributed by atoms with van der Waals surface area (Å²) in [6.07, 6.45) is 3.97. The normalized spacial score (nSPS) is 26.2. The Balaban J connectivity index is 1.85. The maximum atomic E-state index is 6.03. The zero-order valence-corrected chi connectivity index (χ0v) is 12.0. The lowest BCUT2D eigenvalue weighted by molar-refractivity contribution is -0.0166. The van der Waals surface area contributed by atoms with Crippen molar-refractivity contribution in [3.05, 3.63) is 0 Å². The van der Waals surface area contributed by atoms with Gasteiger partial charge in [-0.1, -0.05) is 6.92 Å². The van der Waals surface area contributed by atoms with Crippen molar-refractivity contribution in [3.8, 4) is 0 Å². The zero-order valence-electron chi connectivity index (χ0n) is 12.0. The van der Waals surface area contributed by atoms with Crippen LogP contribution < -0.4 is 5.73 Å². The molecule has 1 aliphatic heterocycles. The number of methoxy groups -OCH3 is 1. The molecule has 4 nitrogen and oxygen atoms in total. The van der Waals surface area contributed by atoms with Crippen molar-refractivity contribution in [1.82, 2.24) is 9.80 Å². The topological polar surface area (TPSA) is 41.7 Å². The number of ether oxygens (including phenoxy) is 1. The quantitative estimate of drug-likeness (QED) is 0.729. The van der Waals surface area contributed by atoms with Gasteiger partial charge < -0.3 is 15.4 Å². The summed E-state index contributed by atoms with van der Waals surface area (Å²) in [5.74, 6) is 1.00. The van der Waals surface area contributed by atoms with Crippen molar-refractivity contribution < 1.29 is 4.74 Å². The highest BCUT2D eigenvalue weighted by Gasteiger charge is 2.36. The second-order valence-corrected chi connectivity index (χ2v) is 5.95. The number of nitrogens with zero attached hydrogens (tertiary/aromatic N) is 2. The molecular formula is C14H29N3O. The molecule has 1 atom stereocenters. The average molecular weight is 255 g/mol. The minimum absolute atomic E-state index is 0.0560. The summed E-state index contributed by atoms with van der Waals surface area (Å²) in [7, 11) is 1.78. The Morgan fingerprint density at radius 3 is 2.33 bits per heavy atom. The van der Waals surface area contributed by atoms with Crippen molar-refractivity contribution in [3.63, 3.8) is 0 Å². The molecule has 2 rings (SSSR count). The van der Waals surface area contributed by atoms with Crippen molar-refractivity contribution in [2.75, 3.05) is 53.0 Å². The molecule has 2 fully saturated rings. The highest BCUT2D eigenvalue weighted by Crippen LogP contribution is 2.30. The smallest absolute Gasteiger partial charge is 0.0658 e. The third kappa shape index (κ3) is 3.23. The highest BCUT2D eigenvalue weighted by molar-refractivity contribution is 4.93. The number of piperazine rings is 1. The van der Waals surface area contributed by atoms with Gasteiger partial charge in [0.2, 0.25) is 0 Å². The molecule has 0 spiro atoms. The SMILES string of the molecule is CCC(CN)(COC)N1CCN(CC2CC2)CC1. The molecule has 1 saturated carbocycles. The van der Waals surface area contributed by atoms with Gasteiger partial charge in [0, 0.05) is 46.4 Å². The molecule has 1 unspecified atom stereocenters. The van der Waals surface area contributed by atoms with Gasteiger partial charge in [0.15, 0.2) is 0 Å². The molecule has 1 heterocycles. The molecule has 1 saturated heterocycles. The fourth-order valence-electron chi connectivity index (χ4n) is 3.09. The van der Waals surface area contributed by atoms with E-state index in [1.807, 2.05) is 0 Å². The van der Waals surface area contributed by atoms with Gasteiger partial charge in [-0.3, -0.25) is 4.90 Å². The van der Waals surface area contributed by atoms with Crippen LogP contribution in [0.4, 0.5) is 0 Å². The Morgan fingerprint density at radius 1 is 1.22 bits per heavy atom. The molecule has 0 aromatic rings. The molecular weight excluding hydrogens is 226 g/mol. The second-order valence-electron chi connectivity index (χ2n) is 5.95. The average Bonchev–Trinajstić information content (AvgIpc) is 3.21. The van der Waals surface area contributed by atoms with Gasteiger partial charge in [-0.05, 0) is 25.2 Å². The molecule has 4 heteroatoms. The predicted molar refractivity (Wildman–Crippen MR) is 74.7 cm³/mol. The van der Waals surface area contributed by atoms with E-state index in [0.29, 0.717) is 6.54 Å². The van der Waals surface area contributed by atoms with Crippen LogP contribution in [0.25, 0.3) is 0 Å². The standard InChI is InChI=1S/C14H29N3O/c1-3-14(11-15,12-18-2)17-8-6-16(7-9-17)10-13-4-5-13/h13H,3-12,15H2,1-2H3. The van der Waals surface area contributed by atoms with E-state index in [4.69, 9.17) is 10.5 Å². The van der Waals surface area contributed by atoms with Gasteiger partial charge in [0.1, 0.15) is 0 Å². The van der Waals surface area contributed by atoms with E-state index in [-0.39, 0.29) is 5.54 Å². The molecule has 18 heavy (non-hydrogen) atoms. The summed E-state index contributed by atoms with van der Waals surface area (Å²) in [6, 6.07) is 0. The third-order valence-corrected chi connectivity index (χ3v) is 4.71. The molecule has 0 aromatic carbocycles. The molecule has 2 aliphatic rings. The third-order valence-electron chi connectivity index (χ3n) is 4.71. The first-order chi connectivity index (χ1) is 8.74. The molecule has 1 aliphatic carbocycles. The van der Waals surface area contributed by atoms with Crippen LogP contribution in [0.2, 0.25) is 0 Å². The molecule has 0 bridgehead atoms. The Kier molecular flexibility index (Phi) is 5.01. The maximum Gasteiger partial charge on any atom is 0.0658 e. The van der Waals surface area contributed by atoms with Crippen molar-refractivity contribution >= 4 is 0 Å². The maximum absolute atomic E-state index is 6.03. The van der Waals surface area contributed by atoms with Gasteiger partial charge >= 0.3 is 0 Å². The van der Waals surface area contributed by atoms with Crippen LogP contribution in [-0.4, -0.2) is 68.3 Å². The number of rotatable bonds is 7. The van der Waals surface area contributed by atoms with Crippen LogP contribution in [0.3, 0.4) is 0 Å². The highest BCUT2D eigenvalue weighted by atomic mass is 16.5. The first-order valence-corrected chi connectivity index (χ1v) is 7.40. The Labute approximate surface area is 111 Å². The first kappa shape index (κ1) is 14.3. The summed E-state index contributed by atoms with van der Waals surface area (Å²) in [5.41, 5.74) is 6.08. The lowest BCUT2D eigenvalue weighted by Crippen LogP contribution is -2.62. The van der Waals surface area contributed by atoms with Gasteiger partial charge in [-0.25, -0.2) is 0 Å². The van der Waals surface area contributed by atoms with Crippen molar-refractivity contribution in [2.24, 2.45) is 11.7 Å². The molecule has 0 amide bonds. The number of hydrogen-bond donors (Lipinski definition) is 1. The number of nitrogens with two attached hydrogens (primary N) is 1. The minimum atomic E-state index is 0.0560. The first-order valence-electron chi connectivity index (χ1n) is 7.40. The fourth-order valence-corrected chi connectivity index (χ4v) is 3.09. The van der Waals surface area contributed by atoms with Crippen LogP contribution in [0, 0.1) is 5.92 Å². The number of hydrogen-bond acceptors (Lipinski definition) is 4. The molecule has 0 aromatic heterocycles. The van der Waals surface area contributed by atoms with Crippen LogP contribution in [-0.2, 0) is 4.74 Å². The lowest BCUT2D eigenvalue weighted by Gasteiger charge is -2.46. The van der Waals surface area contributed by atoms with E-state index in [1.54, 1.807) is 7.11 Å². The molecule has 2 N–H and O–H groups in total. The summed E-state index contributed by atoms with van der Waals surface area (Å²) in [5, 5.41) is 0. The second kappa shape index (κ2) is 6.33. The van der Waals surface area contributed by atoms with E-state index in [1.165, 1.54) is 32.5 Å². The van der Waals surface area contributed by atoms with E-state index < -0.39 is 0 Å². The van der Waals surface area contributed by atoms with Crippen LogP contribution in [0.5, 0.6) is 0 Å². The Morgan fingerprint density at radius 2 is 1.89 bits per heavy atom. The summed E-state index contributed by atoms with van der Waals surface area (Å²) in [6.45, 7) is 9.66. The van der Waals surface area contributed by atoms with Gasteiger partial charge in [0.05, 0.1) is 12.1 Å². The van der Waals surface area contributed by atoms with E-state index in [2.05, 4.69) is 16.7 Å². The Bertz CT molecular complexity index is 243. The lowest BCUT2D eigenvalue weighted by atomic mass is 9.94. The fraction of sp³-hybridized carbons (Fsp3) is 1.00. The van der Waals surface area contributed by atoms with Gasteiger partial charge in [-0.2, -0.15) is 0 Å². The van der Waals surface area contributed by atoms with Crippen molar-refractivity contribution in [2.45, 2.75) is 31.7 Å². The molecule has 106 valence electrons. The van der Waals surface area contributed by atoms with E-state index in [9.17, 15) is 0 Å². The summed E-state index contributed by atoms with van der Waals surface area (Å²) >= 11 is 0. The van der Waals surface area contributed by atoms with Crippen LogP contribution in [0.15, 0.2) is 0 Å². The minimum Gasteiger partial charge on any atom is -0.383 e. The Hall–Kier alpha value is -0.160. The van der Waals surface area contributed by atoms with Gasteiger partial charge in [0.25, 0.3) is 0 Å². The van der Waals surface area contributed by atoms with Crippen molar-refractivity contribution in [1.29, 1.82) is 0 Å². The van der Waals surface area contributed by atoms with Crippen LogP contribution in [0.1, 0.15) is 26.2 Å².